The maximum Gasteiger partial charge on any atom is 0.227 e. The third kappa shape index (κ3) is 3.06. The topological polar surface area (TPSA) is 59.2 Å². The van der Waals surface area contributed by atoms with E-state index in [9.17, 15) is 4.79 Å². The van der Waals surface area contributed by atoms with Crippen LogP contribution < -0.4 is 0 Å². The van der Waals surface area contributed by atoms with E-state index in [2.05, 4.69) is 15.5 Å². The summed E-state index contributed by atoms with van der Waals surface area (Å²) in [5.41, 5.74) is 2.81. The average Bonchev–Trinajstić information content (AvgIpc) is 3.08. The van der Waals surface area contributed by atoms with Gasteiger partial charge in [-0.1, -0.05) is 5.16 Å². The summed E-state index contributed by atoms with van der Waals surface area (Å²) in [7, 11) is 0. The summed E-state index contributed by atoms with van der Waals surface area (Å²) in [6.07, 6.45) is 2.53. The molecule has 1 amide bonds. The van der Waals surface area contributed by atoms with Crippen LogP contribution in [0, 0.1) is 20.8 Å². The van der Waals surface area contributed by atoms with Crippen LogP contribution in [0.1, 0.15) is 46.5 Å². The first-order valence-electron chi connectivity index (χ1n) is 7.66. The Hall–Kier alpha value is -1.69. The zero-order chi connectivity index (χ0) is 15.7. The molecule has 5 nitrogen and oxygen atoms in total. The predicted molar refractivity (Wildman–Crippen MR) is 85.1 cm³/mol. The Morgan fingerprint density at radius 2 is 2.27 bits per heavy atom. The smallest absolute Gasteiger partial charge is 0.227 e. The van der Waals surface area contributed by atoms with E-state index in [0.29, 0.717) is 12.3 Å². The Morgan fingerprint density at radius 3 is 2.91 bits per heavy atom. The number of carbonyl (C=O) groups excluding carboxylic acids is 1. The Labute approximate surface area is 134 Å². The fourth-order valence-electron chi connectivity index (χ4n) is 2.98. The molecule has 1 fully saturated rings. The second-order valence-electron chi connectivity index (χ2n) is 5.99. The first-order chi connectivity index (χ1) is 10.5. The number of thiazole rings is 1. The van der Waals surface area contributed by atoms with E-state index in [1.54, 1.807) is 11.3 Å². The van der Waals surface area contributed by atoms with Gasteiger partial charge < -0.3 is 9.42 Å². The third-order valence-electron chi connectivity index (χ3n) is 4.27. The number of aromatic nitrogens is 2. The summed E-state index contributed by atoms with van der Waals surface area (Å²) in [5.74, 6) is 1.28. The number of aryl methyl sites for hydroxylation is 3. The van der Waals surface area contributed by atoms with Gasteiger partial charge in [0, 0.05) is 35.6 Å². The molecule has 1 aliphatic rings. The molecule has 2 aromatic heterocycles. The molecule has 0 N–H and O–H groups in total. The van der Waals surface area contributed by atoms with Crippen molar-refractivity contribution < 1.29 is 9.32 Å². The fraction of sp³-hybridized carbons (Fsp3) is 0.562. The Morgan fingerprint density at radius 1 is 1.45 bits per heavy atom. The lowest BCUT2D eigenvalue weighted by Gasteiger charge is -2.32. The molecular formula is C16H21N3O2S. The van der Waals surface area contributed by atoms with Gasteiger partial charge in [-0.05, 0) is 33.6 Å². The molecule has 0 spiro atoms. The lowest BCUT2D eigenvalue weighted by molar-refractivity contribution is -0.131. The number of piperidine rings is 1. The molecule has 1 atom stereocenters. The fourth-order valence-corrected chi connectivity index (χ4v) is 3.91. The lowest BCUT2D eigenvalue weighted by Crippen LogP contribution is -2.40. The highest BCUT2D eigenvalue weighted by Crippen LogP contribution is 2.29. The van der Waals surface area contributed by atoms with Crippen LogP contribution >= 0.6 is 11.3 Å². The van der Waals surface area contributed by atoms with Crippen molar-refractivity contribution in [3.05, 3.63) is 33.1 Å². The van der Waals surface area contributed by atoms with Gasteiger partial charge in [0.2, 0.25) is 5.91 Å². The first-order valence-corrected chi connectivity index (χ1v) is 8.54. The van der Waals surface area contributed by atoms with Gasteiger partial charge in [0.1, 0.15) is 5.76 Å². The van der Waals surface area contributed by atoms with Crippen LogP contribution in [0.3, 0.4) is 0 Å². The molecule has 22 heavy (non-hydrogen) atoms. The van der Waals surface area contributed by atoms with Crippen LogP contribution in [0.25, 0.3) is 0 Å². The Kier molecular flexibility index (Phi) is 4.29. The molecule has 0 saturated carbocycles. The molecule has 0 radical (unpaired) electrons. The van der Waals surface area contributed by atoms with E-state index in [-0.39, 0.29) is 5.91 Å². The summed E-state index contributed by atoms with van der Waals surface area (Å²) in [6.45, 7) is 7.37. The second-order valence-corrected chi connectivity index (χ2v) is 6.88. The van der Waals surface area contributed by atoms with Crippen molar-refractivity contribution in [3.8, 4) is 0 Å². The SMILES string of the molecule is Cc1csc([C@H]2CCCN(C(=O)Cc3c(C)noc3C)C2)n1. The number of rotatable bonds is 3. The monoisotopic (exact) mass is 319 g/mol. The van der Waals surface area contributed by atoms with Gasteiger partial charge >= 0.3 is 0 Å². The molecule has 118 valence electrons. The third-order valence-corrected chi connectivity index (χ3v) is 5.39. The van der Waals surface area contributed by atoms with Crippen molar-refractivity contribution in [1.82, 2.24) is 15.0 Å². The van der Waals surface area contributed by atoms with E-state index in [4.69, 9.17) is 4.52 Å². The van der Waals surface area contributed by atoms with Crippen LogP contribution in [0.5, 0.6) is 0 Å². The van der Waals surface area contributed by atoms with Gasteiger partial charge in [0.15, 0.2) is 0 Å². The molecular weight excluding hydrogens is 298 g/mol. The lowest BCUT2D eigenvalue weighted by atomic mass is 9.98. The Bertz CT molecular complexity index is 657. The molecule has 2 aromatic rings. The first kappa shape index (κ1) is 15.2. The second kappa shape index (κ2) is 6.20. The molecule has 3 heterocycles. The maximum absolute atomic E-state index is 12.6. The summed E-state index contributed by atoms with van der Waals surface area (Å²) < 4.78 is 5.15. The highest BCUT2D eigenvalue weighted by Gasteiger charge is 2.27. The molecule has 1 saturated heterocycles. The van der Waals surface area contributed by atoms with E-state index in [1.165, 1.54) is 0 Å². The van der Waals surface area contributed by atoms with Gasteiger partial charge in [-0.15, -0.1) is 11.3 Å². The largest absolute Gasteiger partial charge is 0.361 e. The number of hydrogen-bond acceptors (Lipinski definition) is 5. The number of amides is 1. The van der Waals surface area contributed by atoms with Crippen LogP contribution in [0.15, 0.2) is 9.90 Å². The standard InChI is InChI=1S/C16H21N3O2S/c1-10-9-22-16(17-10)13-5-4-6-19(8-13)15(20)7-14-11(2)18-21-12(14)3/h9,13H,4-8H2,1-3H3/t13-/m0/s1. The van der Waals surface area contributed by atoms with Crippen molar-refractivity contribution >= 4 is 17.2 Å². The van der Waals surface area contributed by atoms with Gasteiger partial charge in [0.05, 0.1) is 17.1 Å². The summed E-state index contributed by atoms with van der Waals surface area (Å²) in [6, 6.07) is 0. The molecule has 3 rings (SSSR count). The van der Waals surface area contributed by atoms with Crippen LogP contribution in [0.2, 0.25) is 0 Å². The molecule has 6 heteroatoms. The number of carbonyl (C=O) groups is 1. The molecule has 0 aliphatic carbocycles. The average molecular weight is 319 g/mol. The highest BCUT2D eigenvalue weighted by molar-refractivity contribution is 7.09. The number of hydrogen-bond donors (Lipinski definition) is 0. The summed E-state index contributed by atoms with van der Waals surface area (Å²) in [4.78, 5) is 19.1. The number of likely N-dealkylation sites (tertiary alicyclic amines) is 1. The minimum Gasteiger partial charge on any atom is -0.361 e. The highest BCUT2D eigenvalue weighted by atomic mass is 32.1. The molecule has 0 unspecified atom stereocenters. The molecule has 0 aromatic carbocycles. The van der Waals surface area contributed by atoms with Crippen LogP contribution in [0.4, 0.5) is 0 Å². The minimum absolute atomic E-state index is 0.160. The van der Waals surface area contributed by atoms with Gasteiger partial charge in [-0.2, -0.15) is 0 Å². The van der Waals surface area contributed by atoms with Crippen molar-refractivity contribution in [2.75, 3.05) is 13.1 Å². The van der Waals surface area contributed by atoms with Crippen molar-refractivity contribution in [1.29, 1.82) is 0 Å². The zero-order valence-electron chi connectivity index (χ0n) is 13.3. The van der Waals surface area contributed by atoms with E-state index in [1.807, 2.05) is 25.7 Å². The summed E-state index contributed by atoms with van der Waals surface area (Å²) in [5, 5.41) is 7.17. The van der Waals surface area contributed by atoms with Crippen molar-refractivity contribution in [2.24, 2.45) is 0 Å². The van der Waals surface area contributed by atoms with E-state index < -0.39 is 0 Å². The van der Waals surface area contributed by atoms with Crippen LogP contribution in [-0.4, -0.2) is 34.0 Å². The van der Waals surface area contributed by atoms with E-state index >= 15 is 0 Å². The van der Waals surface area contributed by atoms with Gasteiger partial charge in [-0.3, -0.25) is 4.79 Å². The maximum atomic E-state index is 12.6. The minimum atomic E-state index is 0.160. The predicted octanol–water partition coefficient (Wildman–Crippen LogP) is 3.01. The normalized spacial score (nSPS) is 18.7. The number of nitrogens with zero attached hydrogens (tertiary/aromatic N) is 3. The van der Waals surface area contributed by atoms with Crippen LogP contribution in [-0.2, 0) is 11.2 Å². The van der Waals surface area contributed by atoms with Gasteiger partial charge in [-0.25, -0.2) is 4.98 Å². The van der Waals surface area contributed by atoms with E-state index in [0.717, 1.165) is 53.7 Å². The quantitative estimate of drug-likeness (QED) is 0.872. The van der Waals surface area contributed by atoms with Crippen molar-refractivity contribution in [3.63, 3.8) is 0 Å². The molecule has 0 bridgehead atoms. The Balaban J connectivity index is 1.68. The van der Waals surface area contributed by atoms with Crippen molar-refractivity contribution in [2.45, 2.75) is 46.0 Å². The molecule has 1 aliphatic heterocycles. The zero-order valence-corrected chi connectivity index (χ0v) is 14.1. The van der Waals surface area contributed by atoms with Gasteiger partial charge in [0.25, 0.3) is 0 Å². The summed E-state index contributed by atoms with van der Waals surface area (Å²) >= 11 is 1.71.